The molecule has 104 valence electrons. The quantitative estimate of drug-likeness (QED) is 0.770. The fraction of sp³-hybridized carbons (Fsp3) is 0.833. The molecular weight excluding hydrogens is 236 g/mol. The molecular formula is C12H22N2O4. The Hall–Kier alpha value is -1.30. The Morgan fingerprint density at radius 3 is 2.50 bits per heavy atom. The minimum Gasteiger partial charge on any atom is -0.481 e. The molecule has 0 bridgehead atoms. The third-order valence-electron chi connectivity index (χ3n) is 2.84. The number of hydrogen-bond acceptors (Lipinski definition) is 4. The fourth-order valence-electron chi connectivity index (χ4n) is 2.02. The normalized spacial score (nSPS) is 25.6. The van der Waals surface area contributed by atoms with Crippen LogP contribution in [-0.4, -0.2) is 53.8 Å². The van der Waals surface area contributed by atoms with Crippen LogP contribution >= 0.6 is 0 Å². The van der Waals surface area contributed by atoms with E-state index in [9.17, 15) is 9.59 Å². The van der Waals surface area contributed by atoms with Crippen molar-refractivity contribution < 1.29 is 19.4 Å². The van der Waals surface area contributed by atoms with Crippen LogP contribution in [0.2, 0.25) is 0 Å². The number of alkyl carbamates (subject to hydrolysis) is 1. The fourth-order valence-corrected chi connectivity index (χ4v) is 2.02. The number of carboxylic acid groups (broad SMARTS) is 1. The number of hydrogen-bond donors (Lipinski definition) is 2. The molecule has 1 saturated heterocycles. The minimum atomic E-state index is -0.871. The van der Waals surface area contributed by atoms with Crippen LogP contribution in [-0.2, 0) is 9.53 Å². The molecule has 6 nitrogen and oxygen atoms in total. The van der Waals surface area contributed by atoms with Gasteiger partial charge in [-0.3, -0.25) is 4.79 Å². The largest absolute Gasteiger partial charge is 0.481 e. The number of piperidine rings is 1. The highest BCUT2D eigenvalue weighted by molar-refractivity contribution is 5.74. The number of aliphatic carboxylic acids is 1. The number of likely N-dealkylation sites (tertiary alicyclic amines) is 1. The van der Waals surface area contributed by atoms with E-state index in [1.165, 1.54) is 0 Å². The summed E-state index contributed by atoms with van der Waals surface area (Å²) in [6.45, 7) is 6.57. The van der Waals surface area contributed by atoms with E-state index in [-0.39, 0.29) is 0 Å². The number of carboxylic acids is 1. The van der Waals surface area contributed by atoms with Crippen molar-refractivity contribution in [2.24, 2.45) is 5.92 Å². The van der Waals surface area contributed by atoms with Crippen molar-refractivity contribution in [3.8, 4) is 0 Å². The van der Waals surface area contributed by atoms with Crippen LogP contribution in [0.4, 0.5) is 4.79 Å². The van der Waals surface area contributed by atoms with Gasteiger partial charge in [0.2, 0.25) is 0 Å². The van der Waals surface area contributed by atoms with Crippen molar-refractivity contribution in [3.05, 3.63) is 0 Å². The second-order valence-electron chi connectivity index (χ2n) is 5.75. The van der Waals surface area contributed by atoms with Gasteiger partial charge in [-0.2, -0.15) is 0 Å². The molecule has 0 aromatic heterocycles. The first-order valence-corrected chi connectivity index (χ1v) is 6.10. The molecule has 0 aromatic carbocycles. The molecule has 1 rings (SSSR count). The van der Waals surface area contributed by atoms with Crippen molar-refractivity contribution in [3.63, 3.8) is 0 Å². The highest BCUT2D eigenvalue weighted by Crippen LogP contribution is 2.18. The van der Waals surface area contributed by atoms with Crippen LogP contribution in [0.5, 0.6) is 0 Å². The number of nitrogens with one attached hydrogen (secondary N) is 1. The van der Waals surface area contributed by atoms with Gasteiger partial charge in [-0.1, -0.05) is 0 Å². The molecule has 0 radical (unpaired) electrons. The van der Waals surface area contributed by atoms with Gasteiger partial charge in [0.1, 0.15) is 5.60 Å². The second-order valence-corrected chi connectivity index (χ2v) is 5.75. The van der Waals surface area contributed by atoms with Crippen LogP contribution in [0.3, 0.4) is 0 Å². The summed E-state index contributed by atoms with van der Waals surface area (Å²) in [5.41, 5.74) is -0.580. The second kappa shape index (κ2) is 5.56. The molecule has 1 fully saturated rings. The van der Waals surface area contributed by atoms with Gasteiger partial charge in [-0.15, -0.1) is 0 Å². The van der Waals surface area contributed by atoms with Crippen molar-refractivity contribution in [1.29, 1.82) is 0 Å². The van der Waals surface area contributed by atoms with Gasteiger partial charge in [0.25, 0.3) is 0 Å². The number of rotatable bonds is 2. The number of carbonyl (C=O) groups excluding carboxylic acids is 1. The number of ether oxygens (including phenoxy) is 1. The lowest BCUT2D eigenvalue weighted by atomic mass is 9.92. The molecule has 0 saturated carbocycles. The molecule has 1 heterocycles. The van der Waals surface area contributed by atoms with Gasteiger partial charge in [0.15, 0.2) is 0 Å². The van der Waals surface area contributed by atoms with E-state index in [0.29, 0.717) is 13.0 Å². The van der Waals surface area contributed by atoms with Crippen LogP contribution in [0.1, 0.15) is 27.2 Å². The van der Waals surface area contributed by atoms with E-state index in [0.717, 1.165) is 6.54 Å². The topological polar surface area (TPSA) is 78.9 Å². The first-order chi connectivity index (χ1) is 8.19. The number of amides is 1. The zero-order valence-corrected chi connectivity index (χ0v) is 11.4. The predicted octanol–water partition coefficient (Wildman–Crippen LogP) is 0.916. The zero-order valence-electron chi connectivity index (χ0n) is 11.4. The summed E-state index contributed by atoms with van der Waals surface area (Å²) in [6.07, 6.45) is -0.0270. The lowest BCUT2D eigenvalue weighted by molar-refractivity contribution is -0.144. The molecule has 1 aliphatic heterocycles. The van der Waals surface area contributed by atoms with E-state index < -0.39 is 29.6 Å². The molecule has 2 atom stereocenters. The molecule has 18 heavy (non-hydrogen) atoms. The molecule has 0 aliphatic carbocycles. The Labute approximate surface area is 107 Å². The lowest BCUT2D eigenvalue weighted by Gasteiger charge is -2.35. The van der Waals surface area contributed by atoms with Gasteiger partial charge in [-0.05, 0) is 40.8 Å². The summed E-state index contributed by atoms with van der Waals surface area (Å²) in [4.78, 5) is 24.8. The summed E-state index contributed by atoms with van der Waals surface area (Å²) >= 11 is 0. The monoisotopic (exact) mass is 258 g/mol. The van der Waals surface area contributed by atoms with Crippen LogP contribution in [0, 0.1) is 5.92 Å². The molecule has 1 amide bonds. The smallest absolute Gasteiger partial charge is 0.407 e. The average molecular weight is 258 g/mol. The Balaban J connectivity index is 2.61. The predicted molar refractivity (Wildman–Crippen MR) is 66.4 cm³/mol. The Morgan fingerprint density at radius 1 is 1.39 bits per heavy atom. The summed E-state index contributed by atoms with van der Waals surface area (Å²) in [6, 6.07) is -0.406. The Bertz CT molecular complexity index is 325. The van der Waals surface area contributed by atoms with E-state index >= 15 is 0 Å². The van der Waals surface area contributed by atoms with Gasteiger partial charge in [0, 0.05) is 6.54 Å². The number of carbonyl (C=O) groups is 2. The lowest BCUT2D eigenvalue weighted by Crippen LogP contribution is -2.54. The van der Waals surface area contributed by atoms with Gasteiger partial charge >= 0.3 is 12.1 Å². The van der Waals surface area contributed by atoms with Crippen molar-refractivity contribution in [2.45, 2.75) is 38.8 Å². The third kappa shape index (κ3) is 4.52. The summed E-state index contributed by atoms with van der Waals surface area (Å²) in [5.74, 6) is -1.42. The molecule has 6 heteroatoms. The Kier molecular flexibility index (Phi) is 4.56. The first-order valence-electron chi connectivity index (χ1n) is 6.10. The highest BCUT2D eigenvalue weighted by Gasteiger charge is 2.34. The third-order valence-corrected chi connectivity index (χ3v) is 2.84. The maximum Gasteiger partial charge on any atom is 0.407 e. The highest BCUT2D eigenvalue weighted by atomic mass is 16.6. The molecule has 0 spiro atoms. The molecule has 1 aliphatic rings. The van der Waals surface area contributed by atoms with Gasteiger partial charge < -0.3 is 20.1 Å². The van der Waals surface area contributed by atoms with Gasteiger partial charge in [0.05, 0.1) is 12.0 Å². The van der Waals surface area contributed by atoms with E-state index in [1.807, 2.05) is 11.9 Å². The van der Waals surface area contributed by atoms with E-state index in [1.54, 1.807) is 20.8 Å². The van der Waals surface area contributed by atoms with E-state index in [4.69, 9.17) is 9.84 Å². The van der Waals surface area contributed by atoms with Crippen molar-refractivity contribution in [1.82, 2.24) is 10.2 Å². The van der Waals surface area contributed by atoms with Crippen LogP contribution in [0.15, 0.2) is 0 Å². The first kappa shape index (κ1) is 14.8. The Morgan fingerprint density at radius 2 is 2.00 bits per heavy atom. The summed E-state index contributed by atoms with van der Waals surface area (Å²) in [7, 11) is 1.90. The van der Waals surface area contributed by atoms with E-state index in [2.05, 4.69) is 5.32 Å². The SMILES string of the molecule is CN1CC[C@H](C(=O)O)[C@H](NC(=O)OC(C)(C)C)C1. The minimum absolute atomic E-state index is 0.406. The maximum atomic E-state index is 11.7. The standard InChI is InChI=1S/C12H22N2O4/c1-12(2,3)18-11(17)13-9-7-14(4)6-5-8(9)10(15)16/h8-9H,5-7H2,1-4H3,(H,13,17)(H,15,16)/t8-,9+/m0/s1. The van der Waals surface area contributed by atoms with Crippen LogP contribution in [0.25, 0.3) is 0 Å². The number of likely N-dealkylation sites (N-methyl/N-ethyl adjacent to an activating group) is 1. The van der Waals surface area contributed by atoms with Crippen molar-refractivity contribution in [2.75, 3.05) is 20.1 Å². The average Bonchev–Trinajstić information content (AvgIpc) is 2.13. The number of nitrogens with zero attached hydrogens (tertiary/aromatic N) is 1. The van der Waals surface area contributed by atoms with Crippen molar-refractivity contribution >= 4 is 12.1 Å². The molecule has 0 unspecified atom stereocenters. The summed E-state index contributed by atoms with van der Waals surface area (Å²) < 4.78 is 5.14. The zero-order chi connectivity index (χ0) is 13.9. The van der Waals surface area contributed by atoms with Crippen LogP contribution < -0.4 is 5.32 Å². The summed E-state index contributed by atoms with van der Waals surface area (Å²) in [5, 5.41) is 11.8. The maximum absolute atomic E-state index is 11.7. The molecule has 2 N–H and O–H groups in total. The van der Waals surface area contributed by atoms with Gasteiger partial charge in [-0.25, -0.2) is 4.79 Å². The molecule has 0 aromatic rings.